The van der Waals surface area contributed by atoms with Crippen molar-refractivity contribution in [1.82, 2.24) is 33.8 Å². The number of carbonyl (C=O) groups is 1. The van der Waals surface area contributed by atoms with E-state index in [1.165, 1.54) is 9.13 Å². The van der Waals surface area contributed by atoms with Crippen LogP contribution >= 0.6 is 0 Å². The summed E-state index contributed by atoms with van der Waals surface area (Å²) in [6.07, 6.45) is 10.0. The van der Waals surface area contributed by atoms with Crippen LogP contribution in [0, 0.1) is 5.82 Å². The Morgan fingerprint density at radius 3 is 2.56 bits per heavy atom. The zero-order valence-corrected chi connectivity index (χ0v) is 22.9. The Bertz CT molecular complexity index is 2080. The second-order valence-corrected chi connectivity index (χ2v) is 10.7. The molecule has 0 spiro atoms. The van der Waals surface area contributed by atoms with E-state index >= 15 is 0 Å². The van der Waals surface area contributed by atoms with Gasteiger partial charge in [-0.15, -0.1) is 0 Å². The van der Waals surface area contributed by atoms with Gasteiger partial charge in [-0.1, -0.05) is 24.3 Å². The molecule has 1 aliphatic rings. The van der Waals surface area contributed by atoms with Crippen molar-refractivity contribution in [3.8, 4) is 16.8 Å². The lowest BCUT2D eigenvalue weighted by molar-refractivity contribution is 0.0917. The number of aromatic nitrogens is 6. The van der Waals surface area contributed by atoms with Gasteiger partial charge in [-0.05, 0) is 67.6 Å². The summed E-state index contributed by atoms with van der Waals surface area (Å²) < 4.78 is 18.7. The smallest absolute Gasteiger partial charge is 0.337 e. The molecule has 11 heteroatoms. The average Bonchev–Trinajstić information content (AvgIpc) is 3.48. The van der Waals surface area contributed by atoms with Crippen LogP contribution in [-0.2, 0) is 0 Å². The molecular formula is C32H26FN7O3. The summed E-state index contributed by atoms with van der Waals surface area (Å²) in [4.78, 5) is 53.4. The quantitative estimate of drug-likeness (QED) is 0.328. The number of hydrogen-bond acceptors (Lipinski definition) is 6. The van der Waals surface area contributed by atoms with Crippen LogP contribution in [0.15, 0.2) is 101 Å². The fourth-order valence-electron chi connectivity index (χ4n) is 5.88. The molecule has 1 aromatic carbocycles. The summed E-state index contributed by atoms with van der Waals surface area (Å²) in [7, 11) is 0. The van der Waals surface area contributed by atoms with E-state index in [4.69, 9.17) is 0 Å². The second kappa shape index (κ2) is 10.8. The van der Waals surface area contributed by atoms with Crippen LogP contribution in [0.4, 0.5) is 4.39 Å². The number of fused-ring (bicyclic) bond motifs is 2. The molecule has 43 heavy (non-hydrogen) atoms. The minimum absolute atomic E-state index is 0.0219. The topological polar surface area (TPSA) is 116 Å². The number of carbonyl (C=O) groups excluding carboxylic acids is 1. The molecule has 0 saturated heterocycles. The zero-order chi connectivity index (χ0) is 29.5. The van der Waals surface area contributed by atoms with Gasteiger partial charge >= 0.3 is 5.69 Å². The third-order valence-corrected chi connectivity index (χ3v) is 7.98. The molecule has 10 nitrogen and oxygen atoms in total. The van der Waals surface area contributed by atoms with Gasteiger partial charge in [0.1, 0.15) is 17.2 Å². The Morgan fingerprint density at radius 2 is 1.77 bits per heavy atom. The predicted octanol–water partition coefficient (Wildman–Crippen LogP) is 4.31. The van der Waals surface area contributed by atoms with Crippen LogP contribution in [0.25, 0.3) is 33.5 Å². The number of pyridine rings is 3. The van der Waals surface area contributed by atoms with Crippen LogP contribution in [0.2, 0.25) is 0 Å². The Kier molecular flexibility index (Phi) is 6.61. The van der Waals surface area contributed by atoms with Gasteiger partial charge < -0.3 is 9.72 Å². The molecule has 214 valence electrons. The van der Waals surface area contributed by atoms with Gasteiger partial charge in [-0.2, -0.15) is 0 Å². The van der Waals surface area contributed by atoms with Crippen molar-refractivity contribution in [3.63, 3.8) is 0 Å². The largest absolute Gasteiger partial charge is 0.348 e. The van der Waals surface area contributed by atoms with Crippen LogP contribution in [0.1, 0.15) is 42.2 Å². The van der Waals surface area contributed by atoms with Crippen molar-refractivity contribution >= 4 is 22.6 Å². The first-order chi connectivity index (χ1) is 21.0. The monoisotopic (exact) mass is 575 g/mol. The first kappa shape index (κ1) is 26.4. The lowest BCUT2D eigenvalue weighted by atomic mass is 9.90. The van der Waals surface area contributed by atoms with E-state index in [1.54, 1.807) is 29.1 Å². The summed E-state index contributed by atoms with van der Waals surface area (Å²) in [6, 6.07) is 17.1. The van der Waals surface area contributed by atoms with Gasteiger partial charge in [0.2, 0.25) is 0 Å². The average molecular weight is 576 g/mol. The molecule has 5 aromatic heterocycles. The van der Waals surface area contributed by atoms with E-state index in [0.717, 1.165) is 23.4 Å². The highest BCUT2D eigenvalue weighted by Crippen LogP contribution is 2.28. The van der Waals surface area contributed by atoms with E-state index in [-0.39, 0.29) is 23.0 Å². The lowest BCUT2D eigenvalue weighted by Gasteiger charge is -2.30. The van der Waals surface area contributed by atoms with E-state index in [0.29, 0.717) is 42.7 Å². The van der Waals surface area contributed by atoms with Crippen molar-refractivity contribution < 1.29 is 9.18 Å². The molecule has 1 fully saturated rings. The minimum atomic E-state index is -0.663. The molecule has 5 heterocycles. The fraction of sp³-hybridized carbons (Fsp3) is 0.188. The Morgan fingerprint density at radius 1 is 0.930 bits per heavy atom. The van der Waals surface area contributed by atoms with E-state index in [1.807, 2.05) is 54.7 Å². The standard InChI is InChI=1S/C32H26FN7O3/c33-22-16-26-29(35-18-22)39(25-7-3-5-20(15-25)21-6-4-13-34-17-21)32(43)40(31(26)42)24-11-9-23(10-12-24)36-30(41)27-19-38-14-2-1-8-28(38)37-27/h1-8,13-19,23-24H,9-12H2,(H,36,41)/t23-,24+. The number of benzene rings is 1. The Hall–Kier alpha value is -5.45. The number of imidazole rings is 1. The first-order valence-corrected chi connectivity index (χ1v) is 14.0. The number of hydrogen-bond donors (Lipinski definition) is 1. The summed E-state index contributed by atoms with van der Waals surface area (Å²) in [5, 5.41) is 3.07. The zero-order valence-electron chi connectivity index (χ0n) is 22.9. The molecule has 0 bridgehead atoms. The molecule has 7 rings (SSSR count). The van der Waals surface area contributed by atoms with Crippen molar-refractivity contribution in [1.29, 1.82) is 0 Å². The third kappa shape index (κ3) is 4.88. The first-order valence-electron chi connectivity index (χ1n) is 14.0. The second-order valence-electron chi connectivity index (χ2n) is 10.7. The number of amides is 1. The number of nitrogens with one attached hydrogen (secondary N) is 1. The van der Waals surface area contributed by atoms with E-state index < -0.39 is 23.1 Å². The van der Waals surface area contributed by atoms with E-state index in [9.17, 15) is 18.8 Å². The maximum absolute atomic E-state index is 14.3. The van der Waals surface area contributed by atoms with Gasteiger partial charge in [0.15, 0.2) is 5.65 Å². The third-order valence-electron chi connectivity index (χ3n) is 7.98. The van der Waals surface area contributed by atoms with Crippen LogP contribution < -0.4 is 16.6 Å². The molecule has 1 aliphatic carbocycles. The van der Waals surface area contributed by atoms with Crippen LogP contribution in [0.5, 0.6) is 0 Å². The summed E-state index contributed by atoms with van der Waals surface area (Å²) in [5.74, 6) is -0.934. The van der Waals surface area contributed by atoms with Crippen molar-refractivity contribution in [2.45, 2.75) is 37.8 Å². The minimum Gasteiger partial charge on any atom is -0.348 e. The van der Waals surface area contributed by atoms with Crippen molar-refractivity contribution in [2.24, 2.45) is 0 Å². The van der Waals surface area contributed by atoms with Gasteiger partial charge in [0, 0.05) is 42.4 Å². The van der Waals surface area contributed by atoms with Crippen LogP contribution in [0.3, 0.4) is 0 Å². The fourth-order valence-corrected chi connectivity index (χ4v) is 5.88. The molecule has 0 aliphatic heterocycles. The number of nitrogens with zero attached hydrogens (tertiary/aromatic N) is 6. The van der Waals surface area contributed by atoms with Crippen molar-refractivity contribution in [3.05, 3.63) is 124 Å². The molecule has 1 amide bonds. The van der Waals surface area contributed by atoms with E-state index in [2.05, 4.69) is 20.3 Å². The lowest BCUT2D eigenvalue weighted by Crippen LogP contribution is -2.45. The van der Waals surface area contributed by atoms with Gasteiger partial charge in [-0.25, -0.2) is 23.7 Å². The summed E-state index contributed by atoms with van der Waals surface area (Å²) in [5.41, 5.74) is 2.15. The molecule has 0 unspecified atom stereocenters. The molecule has 6 aromatic rings. The molecule has 1 saturated carbocycles. The number of halogens is 1. The van der Waals surface area contributed by atoms with Crippen LogP contribution in [-0.4, -0.2) is 40.4 Å². The molecule has 1 N–H and O–H groups in total. The Balaban J connectivity index is 1.20. The van der Waals surface area contributed by atoms with Gasteiger partial charge in [-0.3, -0.25) is 19.1 Å². The highest BCUT2D eigenvalue weighted by Gasteiger charge is 2.28. The summed E-state index contributed by atoms with van der Waals surface area (Å²) in [6.45, 7) is 0. The van der Waals surface area contributed by atoms with Gasteiger partial charge in [0.05, 0.1) is 17.3 Å². The maximum atomic E-state index is 14.3. The maximum Gasteiger partial charge on any atom is 0.337 e. The Labute approximate surface area is 244 Å². The number of rotatable bonds is 5. The highest BCUT2D eigenvalue weighted by atomic mass is 19.1. The van der Waals surface area contributed by atoms with Gasteiger partial charge in [0.25, 0.3) is 11.5 Å². The molecular weight excluding hydrogens is 549 g/mol. The van der Waals surface area contributed by atoms with Crippen molar-refractivity contribution in [2.75, 3.05) is 0 Å². The highest BCUT2D eigenvalue weighted by molar-refractivity contribution is 5.93. The SMILES string of the molecule is O=C(N[C@H]1CC[C@@H](n2c(=O)c3cc(F)cnc3n(-c3cccc(-c4cccnc4)c3)c2=O)CC1)c1cn2ccccc2n1. The predicted molar refractivity (Wildman–Crippen MR) is 159 cm³/mol. The molecule has 0 atom stereocenters. The normalized spacial score (nSPS) is 16.9. The molecule has 0 radical (unpaired) electrons. The summed E-state index contributed by atoms with van der Waals surface area (Å²) >= 11 is 0.